The quantitative estimate of drug-likeness (QED) is 0.0506. The molecule has 0 aromatic heterocycles. The average Bonchev–Trinajstić information content (AvgIpc) is 3.02. The normalized spacial score (nSPS) is 12.7. The molecular formula is C38H76NO6P. The number of carbonyl (C=O) groups is 2. The van der Waals surface area contributed by atoms with Crippen LogP contribution in [0.2, 0.25) is 0 Å². The van der Waals surface area contributed by atoms with Crippen LogP contribution in [0.3, 0.4) is 0 Å². The zero-order valence-electron chi connectivity index (χ0n) is 31.3. The van der Waals surface area contributed by atoms with Gasteiger partial charge in [0.25, 0.3) is 0 Å². The maximum atomic E-state index is 13.0. The van der Waals surface area contributed by atoms with Gasteiger partial charge in [0.2, 0.25) is 11.8 Å². The van der Waals surface area contributed by atoms with E-state index in [0.717, 1.165) is 43.4 Å². The molecule has 0 aromatic carbocycles. The average molecular weight is 675 g/mol. The largest absolute Gasteiger partial charge is 0.469 e. The first-order valence-corrected chi connectivity index (χ1v) is 21.2. The summed E-state index contributed by atoms with van der Waals surface area (Å²) in [5, 5.41) is 0. The maximum Gasteiger partial charge on any atom is 0.469 e. The number of carbonyl (C=O) groups excluding carboxylic acids is 2. The van der Waals surface area contributed by atoms with Gasteiger partial charge in [0, 0.05) is 12.8 Å². The van der Waals surface area contributed by atoms with Crippen LogP contribution in [0.1, 0.15) is 221 Å². The van der Waals surface area contributed by atoms with E-state index in [2.05, 4.69) is 18.4 Å². The monoisotopic (exact) mass is 675 g/mol. The molecule has 0 aliphatic carbocycles. The van der Waals surface area contributed by atoms with Gasteiger partial charge in [-0.05, 0) is 12.8 Å². The van der Waals surface area contributed by atoms with Crippen molar-refractivity contribution in [1.29, 1.82) is 0 Å². The predicted octanol–water partition coefficient (Wildman–Crippen LogP) is 12.0. The smallest absolute Gasteiger partial charge is 0.303 e. The lowest BCUT2D eigenvalue weighted by Crippen LogP contribution is -2.39. The highest BCUT2D eigenvalue weighted by Crippen LogP contribution is 2.35. The Balaban J connectivity index is 4.13. The van der Waals surface area contributed by atoms with E-state index in [1.807, 2.05) is 0 Å². The molecule has 0 spiro atoms. The van der Waals surface area contributed by atoms with Crippen LogP contribution in [0.5, 0.6) is 0 Å². The third kappa shape index (κ3) is 33.2. The van der Waals surface area contributed by atoms with Gasteiger partial charge in [-0.1, -0.05) is 194 Å². The zero-order chi connectivity index (χ0) is 34.9. The Morgan fingerprint density at radius 2 is 0.739 bits per heavy atom. The summed E-state index contributed by atoms with van der Waals surface area (Å²) >= 11 is 0. The molecule has 0 radical (unpaired) electrons. The minimum atomic E-state index is -4.88. The van der Waals surface area contributed by atoms with Crippen molar-refractivity contribution in [3.63, 3.8) is 0 Å². The second kappa shape index (κ2) is 34.1. The topological polar surface area (TPSA) is 104 Å². The van der Waals surface area contributed by atoms with Gasteiger partial charge in [-0.3, -0.25) is 19.0 Å². The summed E-state index contributed by atoms with van der Waals surface area (Å²) in [6, 6.07) is 0. The second-order valence-electron chi connectivity index (χ2n) is 13.6. The van der Waals surface area contributed by atoms with Crippen molar-refractivity contribution < 1.29 is 29.8 Å². The number of nitrogens with zero attached hydrogens (tertiary/aromatic N) is 1. The maximum absolute atomic E-state index is 13.0. The molecule has 2 N–H and O–H groups in total. The van der Waals surface area contributed by atoms with Gasteiger partial charge in [-0.2, -0.15) is 0 Å². The molecule has 274 valence electrons. The van der Waals surface area contributed by atoms with Crippen LogP contribution in [-0.2, 0) is 18.7 Å². The molecule has 8 heteroatoms. The fraction of sp³-hybridized carbons (Fsp3) is 0.947. The summed E-state index contributed by atoms with van der Waals surface area (Å²) in [4.78, 5) is 45.0. The van der Waals surface area contributed by atoms with Crippen molar-refractivity contribution in [3.05, 3.63) is 0 Å². The fourth-order valence-corrected chi connectivity index (χ4v) is 6.37. The molecule has 1 atom stereocenters. The molecule has 0 saturated carbocycles. The lowest BCUT2D eigenvalue weighted by Gasteiger charge is -2.21. The van der Waals surface area contributed by atoms with Gasteiger partial charge in [0.05, 0.1) is 14.5 Å². The van der Waals surface area contributed by atoms with Crippen LogP contribution in [0, 0.1) is 0 Å². The molecule has 0 heterocycles. The molecule has 2 amide bonds. The van der Waals surface area contributed by atoms with E-state index >= 15 is 0 Å². The van der Waals surface area contributed by atoms with Crippen molar-refractivity contribution in [1.82, 2.24) is 4.90 Å². The van der Waals surface area contributed by atoms with E-state index < -0.39 is 21.0 Å². The molecule has 1 unspecified atom stereocenters. The van der Waals surface area contributed by atoms with Crippen LogP contribution in [-0.4, -0.2) is 39.6 Å². The minimum absolute atomic E-state index is 0.200. The molecular weight excluding hydrogens is 597 g/mol. The molecule has 0 bridgehead atoms. The third-order valence-corrected chi connectivity index (χ3v) is 9.48. The predicted molar refractivity (Wildman–Crippen MR) is 194 cm³/mol. The fourth-order valence-electron chi connectivity index (χ4n) is 6.11. The first-order valence-electron chi connectivity index (χ1n) is 20.3. The van der Waals surface area contributed by atoms with Crippen molar-refractivity contribution in [3.8, 4) is 0 Å². The highest BCUT2D eigenvalue weighted by atomic mass is 31.2. The number of hydrogen-bond acceptors (Lipinski definition) is 4. The van der Waals surface area contributed by atoms with Crippen LogP contribution >= 0.6 is 7.82 Å². The number of imide groups is 1. The minimum Gasteiger partial charge on any atom is -0.303 e. The molecule has 46 heavy (non-hydrogen) atoms. The SMILES string of the molecule is [2H]C(CN(C(=O)CCCCCCCCCCCCCCCCC)C(=O)CCCCCCCCCCCCCCCCC)OP(=O)(O)O. The highest BCUT2D eigenvalue weighted by Gasteiger charge is 2.22. The first kappa shape index (κ1) is 43.3. The van der Waals surface area contributed by atoms with Gasteiger partial charge in [-0.25, -0.2) is 4.57 Å². The van der Waals surface area contributed by atoms with Gasteiger partial charge in [-0.15, -0.1) is 0 Å². The number of hydrogen-bond donors (Lipinski definition) is 2. The van der Waals surface area contributed by atoms with Crippen LogP contribution in [0.15, 0.2) is 0 Å². The number of amides is 2. The van der Waals surface area contributed by atoms with Crippen molar-refractivity contribution in [2.45, 2.75) is 219 Å². The summed E-state index contributed by atoms with van der Waals surface area (Å²) in [5.74, 6) is -0.755. The summed E-state index contributed by atoms with van der Waals surface area (Å²) in [5.41, 5.74) is 0. The Morgan fingerprint density at radius 3 is 0.978 bits per heavy atom. The standard InChI is InChI=1S/C38H76NO6P/c1-3-5-7-9-11-13-15-17-19-21-23-25-27-29-31-33-37(40)39(35-36-45-46(42,43)44)38(41)34-32-30-28-26-24-22-20-18-16-14-12-10-8-6-4-2/h3-36H2,1-2H3,(H2,42,43,44)/i36D. The molecule has 0 aliphatic rings. The Morgan fingerprint density at radius 1 is 0.500 bits per heavy atom. The van der Waals surface area contributed by atoms with E-state index in [1.165, 1.54) is 141 Å². The molecule has 0 saturated heterocycles. The Kier molecular flexibility index (Phi) is 32.1. The van der Waals surface area contributed by atoms with E-state index in [0.29, 0.717) is 12.8 Å². The Hall–Kier alpha value is -0.750. The molecule has 0 aromatic rings. The van der Waals surface area contributed by atoms with Gasteiger partial charge in [0.15, 0.2) is 0 Å². The third-order valence-electron chi connectivity index (χ3n) is 9.06. The van der Waals surface area contributed by atoms with E-state index in [9.17, 15) is 14.2 Å². The van der Waals surface area contributed by atoms with Crippen molar-refractivity contribution in [2.75, 3.05) is 13.1 Å². The van der Waals surface area contributed by atoms with Gasteiger partial charge >= 0.3 is 7.82 Å². The number of phosphoric ester groups is 1. The highest BCUT2D eigenvalue weighted by molar-refractivity contribution is 7.46. The van der Waals surface area contributed by atoms with Gasteiger partial charge in [0.1, 0.15) is 0 Å². The Labute approximate surface area is 286 Å². The number of phosphoric acid groups is 1. The summed E-state index contributed by atoms with van der Waals surface area (Å²) < 4.78 is 23.5. The zero-order valence-corrected chi connectivity index (χ0v) is 31.2. The number of rotatable bonds is 36. The van der Waals surface area contributed by atoms with Crippen LogP contribution in [0.4, 0.5) is 0 Å². The summed E-state index contributed by atoms with van der Waals surface area (Å²) in [6.45, 7) is 2.38. The van der Waals surface area contributed by atoms with E-state index in [-0.39, 0.29) is 24.7 Å². The molecule has 7 nitrogen and oxygen atoms in total. The first-order chi connectivity index (χ1) is 22.7. The lowest BCUT2D eigenvalue weighted by molar-refractivity contribution is -0.145. The van der Waals surface area contributed by atoms with Crippen molar-refractivity contribution in [2.24, 2.45) is 0 Å². The van der Waals surface area contributed by atoms with Crippen LogP contribution < -0.4 is 0 Å². The van der Waals surface area contributed by atoms with E-state index in [1.54, 1.807) is 0 Å². The lowest BCUT2D eigenvalue weighted by atomic mass is 10.0. The second-order valence-corrected chi connectivity index (χ2v) is 14.8. The van der Waals surface area contributed by atoms with Crippen LogP contribution in [0.25, 0.3) is 0 Å². The summed E-state index contributed by atoms with van der Waals surface area (Å²) in [7, 11) is -4.88. The summed E-state index contributed by atoms with van der Waals surface area (Å²) in [6.07, 6.45) is 37.2. The number of unbranched alkanes of at least 4 members (excludes halogenated alkanes) is 28. The Bertz CT molecular complexity index is 718. The molecule has 0 rings (SSSR count). The van der Waals surface area contributed by atoms with E-state index in [4.69, 9.17) is 11.2 Å². The molecule has 0 aliphatic heterocycles. The molecule has 0 fully saturated rings. The van der Waals surface area contributed by atoms with Crippen molar-refractivity contribution >= 4 is 19.6 Å². The van der Waals surface area contributed by atoms with Gasteiger partial charge < -0.3 is 9.79 Å².